The summed E-state index contributed by atoms with van der Waals surface area (Å²) in [5.74, 6) is 1.71. The zero-order valence-electron chi connectivity index (χ0n) is 12.4. The van der Waals surface area contributed by atoms with Crippen molar-refractivity contribution in [3.63, 3.8) is 0 Å². The number of fused-ring (bicyclic) bond motifs is 1. The molecule has 2 fully saturated rings. The van der Waals surface area contributed by atoms with Crippen LogP contribution < -0.4 is 5.32 Å². The van der Waals surface area contributed by atoms with Crippen molar-refractivity contribution in [2.24, 2.45) is 11.8 Å². The second-order valence-corrected chi connectivity index (χ2v) is 6.94. The van der Waals surface area contributed by atoms with E-state index in [0.717, 1.165) is 17.9 Å². The lowest BCUT2D eigenvalue weighted by Gasteiger charge is -2.34. The fourth-order valence-corrected chi connectivity index (χ4v) is 4.00. The molecular formula is C18H27N. The van der Waals surface area contributed by atoms with Gasteiger partial charge in [-0.3, -0.25) is 0 Å². The predicted octanol–water partition coefficient (Wildman–Crippen LogP) is 4.48. The maximum Gasteiger partial charge on any atom is 0.0322 e. The van der Waals surface area contributed by atoms with Gasteiger partial charge in [0.25, 0.3) is 0 Å². The van der Waals surface area contributed by atoms with Gasteiger partial charge < -0.3 is 5.32 Å². The van der Waals surface area contributed by atoms with Crippen molar-refractivity contribution < 1.29 is 0 Å². The lowest BCUT2D eigenvalue weighted by atomic mass is 9.86. The van der Waals surface area contributed by atoms with Crippen LogP contribution in [-0.4, -0.2) is 6.04 Å². The average molecular weight is 257 g/mol. The molecule has 3 unspecified atom stereocenters. The maximum absolute atomic E-state index is 3.91. The molecule has 1 aliphatic carbocycles. The van der Waals surface area contributed by atoms with E-state index in [4.69, 9.17) is 0 Å². The topological polar surface area (TPSA) is 12.0 Å². The zero-order valence-corrected chi connectivity index (χ0v) is 12.4. The van der Waals surface area contributed by atoms with Gasteiger partial charge in [0.2, 0.25) is 0 Å². The van der Waals surface area contributed by atoms with Crippen molar-refractivity contribution in [2.45, 2.75) is 64.5 Å². The standard InChI is InChI=1S/C18H27N/c1-13(2)11-14-5-3-7-16(12-14)18-10-9-15-6-4-8-17(15)19-18/h3,5,7,12-13,15,17-19H,4,6,8-11H2,1-2H3. The van der Waals surface area contributed by atoms with E-state index in [1.807, 2.05) is 0 Å². The Labute approximate surface area is 117 Å². The van der Waals surface area contributed by atoms with Gasteiger partial charge in [-0.05, 0) is 55.1 Å². The molecule has 104 valence electrons. The third kappa shape index (κ3) is 3.02. The van der Waals surface area contributed by atoms with Crippen molar-refractivity contribution in [1.29, 1.82) is 0 Å². The Morgan fingerprint density at radius 2 is 2.05 bits per heavy atom. The minimum atomic E-state index is 0.603. The van der Waals surface area contributed by atoms with Crippen LogP contribution in [-0.2, 0) is 6.42 Å². The summed E-state index contributed by atoms with van der Waals surface area (Å²) < 4.78 is 0. The van der Waals surface area contributed by atoms with Crippen LogP contribution in [0.3, 0.4) is 0 Å². The van der Waals surface area contributed by atoms with Crippen LogP contribution >= 0.6 is 0 Å². The molecule has 0 aromatic heterocycles. The van der Waals surface area contributed by atoms with Gasteiger partial charge in [-0.25, -0.2) is 0 Å². The van der Waals surface area contributed by atoms with Crippen LogP contribution in [0.4, 0.5) is 0 Å². The number of nitrogens with one attached hydrogen (secondary N) is 1. The summed E-state index contributed by atoms with van der Waals surface area (Å²) in [7, 11) is 0. The molecule has 0 amide bonds. The molecule has 0 bridgehead atoms. The number of hydrogen-bond acceptors (Lipinski definition) is 1. The van der Waals surface area contributed by atoms with Crippen molar-refractivity contribution in [3.8, 4) is 0 Å². The van der Waals surface area contributed by atoms with Crippen LogP contribution in [0.1, 0.15) is 63.1 Å². The average Bonchev–Trinajstić information content (AvgIpc) is 2.85. The Balaban J connectivity index is 1.71. The smallest absolute Gasteiger partial charge is 0.0322 e. The summed E-state index contributed by atoms with van der Waals surface area (Å²) in [6, 6.07) is 10.7. The molecule has 1 nitrogen and oxygen atoms in total. The molecule has 1 aromatic rings. The fourth-order valence-electron chi connectivity index (χ4n) is 4.00. The van der Waals surface area contributed by atoms with Crippen LogP contribution in [0.15, 0.2) is 24.3 Å². The third-order valence-electron chi connectivity index (χ3n) is 4.90. The first-order chi connectivity index (χ1) is 9.22. The number of rotatable bonds is 3. The molecule has 19 heavy (non-hydrogen) atoms. The van der Waals surface area contributed by atoms with E-state index in [9.17, 15) is 0 Å². The monoisotopic (exact) mass is 257 g/mol. The lowest BCUT2D eigenvalue weighted by Crippen LogP contribution is -2.40. The van der Waals surface area contributed by atoms with Crippen LogP contribution in [0.2, 0.25) is 0 Å². The first-order valence-electron chi connectivity index (χ1n) is 8.07. The molecule has 1 heterocycles. The molecule has 1 saturated carbocycles. The summed E-state index contributed by atoms with van der Waals surface area (Å²) in [5.41, 5.74) is 3.02. The molecule has 1 aliphatic heterocycles. The maximum atomic E-state index is 3.91. The highest BCUT2D eigenvalue weighted by Crippen LogP contribution is 2.38. The van der Waals surface area contributed by atoms with Crippen LogP contribution in [0.25, 0.3) is 0 Å². The van der Waals surface area contributed by atoms with E-state index in [-0.39, 0.29) is 0 Å². The Kier molecular flexibility index (Phi) is 3.93. The second kappa shape index (κ2) is 5.66. The van der Waals surface area contributed by atoms with Gasteiger partial charge in [0.05, 0.1) is 0 Å². The Bertz CT molecular complexity index is 423. The molecule has 2 aliphatic rings. The van der Waals surface area contributed by atoms with Crippen molar-refractivity contribution in [1.82, 2.24) is 5.32 Å². The minimum absolute atomic E-state index is 0.603. The zero-order chi connectivity index (χ0) is 13.2. The van der Waals surface area contributed by atoms with Crippen molar-refractivity contribution in [3.05, 3.63) is 35.4 Å². The molecule has 1 N–H and O–H groups in total. The van der Waals surface area contributed by atoms with Crippen LogP contribution in [0.5, 0.6) is 0 Å². The highest BCUT2D eigenvalue weighted by molar-refractivity contribution is 5.27. The molecule has 1 aromatic carbocycles. The van der Waals surface area contributed by atoms with Gasteiger partial charge in [-0.2, -0.15) is 0 Å². The van der Waals surface area contributed by atoms with Gasteiger partial charge >= 0.3 is 0 Å². The highest BCUT2D eigenvalue weighted by atomic mass is 15.0. The van der Waals surface area contributed by atoms with Gasteiger partial charge in [0, 0.05) is 12.1 Å². The Morgan fingerprint density at radius 3 is 2.89 bits per heavy atom. The summed E-state index contributed by atoms with van der Waals surface area (Å²) in [6.07, 6.45) is 8.24. The van der Waals surface area contributed by atoms with E-state index in [0.29, 0.717) is 6.04 Å². The quantitative estimate of drug-likeness (QED) is 0.842. The SMILES string of the molecule is CC(C)Cc1cccc(C2CCC3CCCC3N2)c1. The summed E-state index contributed by atoms with van der Waals surface area (Å²) in [5, 5.41) is 3.91. The van der Waals surface area contributed by atoms with Crippen molar-refractivity contribution in [2.75, 3.05) is 0 Å². The lowest BCUT2D eigenvalue weighted by molar-refractivity contribution is 0.261. The van der Waals surface area contributed by atoms with Gasteiger partial charge in [0.15, 0.2) is 0 Å². The molecule has 0 radical (unpaired) electrons. The summed E-state index contributed by atoms with van der Waals surface area (Å²) in [6.45, 7) is 4.60. The van der Waals surface area contributed by atoms with E-state index in [1.54, 1.807) is 0 Å². The van der Waals surface area contributed by atoms with Gasteiger partial charge in [-0.1, -0.05) is 44.5 Å². The van der Waals surface area contributed by atoms with Crippen LogP contribution in [0, 0.1) is 11.8 Å². The largest absolute Gasteiger partial charge is 0.307 e. The predicted molar refractivity (Wildman–Crippen MR) is 81.2 cm³/mol. The molecule has 1 saturated heterocycles. The molecule has 3 rings (SSSR count). The first kappa shape index (κ1) is 13.2. The van der Waals surface area contributed by atoms with E-state index in [1.165, 1.54) is 49.7 Å². The fraction of sp³-hybridized carbons (Fsp3) is 0.667. The molecule has 1 heteroatoms. The van der Waals surface area contributed by atoms with Crippen molar-refractivity contribution >= 4 is 0 Å². The van der Waals surface area contributed by atoms with E-state index >= 15 is 0 Å². The second-order valence-electron chi connectivity index (χ2n) is 6.94. The normalized spacial score (nSPS) is 30.6. The Morgan fingerprint density at radius 1 is 1.16 bits per heavy atom. The summed E-state index contributed by atoms with van der Waals surface area (Å²) >= 11 is 0. The molecule has 0 spiro atoms. The van der Waals surface area contributed by atoms with E-state index < -0.39 is 0 Å². The first-order valence-corrected chi connectivity index (χ1v) is 8.07. The Hall–Kier alpha value is -0.820. The number of piperidine rings is 1. The molecule has 3 atom stereocenters. The van der Waals surface area contributed by atoms with E-state index in [2.05, 4.69) is 43.4 Å². The number of hydrogen-bond donors (Lipinski definition) is 1. The minimum Gasteiger partial charge on any atom is -0.307 e. The summed E-state index contributed by atoms with van der Waals surface area (Å²) in [4.78, 5) is 0. The third-order valence-corrected chi connectivity index (χ3v) is 4.90. The molecular weight excluding hydrogens is 230 g/mol. The van der Waals surface area contributed by atoms with Gasteiger partial charge in [0.1, 0.15) is 0 Å². The van der Waals surface area contributed by atoms with Gasteiger partial charge in [-0.15, -0.1) is 0 Å². The number of benzene rings is 1. The highest BCUT2D eigenvalue weighted by Gasteiger charge is 2.33.